The number of halogens is 1. The topological polar surface area (TPSA) is 119 Å². The minimum atomic E-state index is -1.32. The summed E-state index contributed by atoms with van der Waals surface area (Å²) in [7, 11) is 1.73. The van der Waals surface area contributed by atoms with Gasteiger partial charge >= 0.3 is 18.2 Å². The molecular weight excluding hydrogens is 616 g/mol. The molecule has 2 fully saturated rings. The molecule has 0 saturated carbocycles. The number of benzene rings is 1. The lowest BCUT2D eigenvalue weighted by molar-refractivity contribution is -0.00876. The number of likely N-dealkylation sites (N-methyl/N-ethyl adjacent to an activating group) is 1. The second-order valence-electron chi connectivity index (χ2n) is 13.4. The van der Waals surface area contributed by atoms with Crippen LogP contribution in [-0.2, 0) is 18.9 Å². The molecule has 2 aliphatic rings. The van der Waals surface area contributed by atoms with Gasteiger partial charge in [0.1, 0.15) is 0 Å². The Morgan fingerprint density at radius 3 is 2.60 bits per heavy atom. The van der Waals surface area contributed by atoms with Crippen LogP contribution in [-0.4, -0.2) is 109 Å². The molecule has 0 aliphatic carbocycles. The Morgan fingerprint density at radius 1 is 1.16 bits per heavy atom. The van der Waals surface area contributed by atoms with E-state index in [1.807, 2.05) is 29.2 Å². The number of rotatable bonds is 14. The number of carbonyl (C=O) groups excluding carboxylic acids is 3. The van der Waals surface area contributed by atoms with Crippen molar-refractivity contribution in [1.29, 1.82) is 0 Å². The Morgan fingerprint density at radius 2 is 1.91 bits per heavy atom. The summed E-state index contributed by atoms with van der Waals surface area (Å²) in [4.78, 5) is 41.5. The highest BCUT2D eigenvalue weighted by Crippen LogP contribution is 2.34. The van der Waals surface area contributed by atoms with Crippen LogP contribution in [0.15, 0.2) is 24.3 Å². The van der Waals surface area contributed by atoms with Gasteiger partial charge < -0.3 is 39.4 Å². The quantitative estimate of drug-likeness (QED) is 0.191. The van der Waals surface area contributed by atoms with Crippen molar-refractivity contribution >= 4 is 37.9 Å². The molecule has 2 N–H and O–H groups in total. The molecule has 1 aromatic carbocycles. The van der Waals surface area contributed by atoms with Crippen molar-refractivity contribution in [2.45, 2.75) is 69.9 Å². The summed E-state index contributed by atoms with van der Waals surface area (Å²) >= 11 is 6.33. The molecule has 0 spiro atoms. The Labute approximate surface area is 274 Å². The van der Waals surface area contributed by atoms with Crippen LogP contribution in [0.2, 0.25) is 30.7 Å². The van der Waals surface area contributed by atoms with E-state index in [0.29, 0.717) is 56.9 Å². The summed E-state index contributed by atoms with van der Waals surface area (Å²) in [6.07, 6.45) is 3.16. The fourth-order valence-electron chi connectivity index (χ4n) is 5.83. The number of nitrogens with one attached hydrogen (secondary N) is 2. The summed E-state index contributed by atoms with van der Waals surface area (Å²) in [5.74, 6) is 0.438. The average Bonchev–Trinajstić information content (AvgIpc) is 3.00. The standard InChI is InChI=1S/C32H53ClN4O7Si/c1-36(32(40)44-18-19-45(3,4)5)23-28(20-24-11-15-42-16-12-24)35-30(38)37-14-7-9-26(22-37)29(25-8-6-10-27(33)21-25)43-17-13-34-31(39)41-2/h6,8,10,21,24,26,28-29H,7,9,11-20,22-23H2,1-5H3,(H,34,39)(H,35,38)/t26-,28+,29?/m1/s1. The van der Waals surface area contributed by atoms with E-state index >= 15 is 0 Å². The molecule has 254 valence electrons. The number of amides is 4. The zero-order valence-corrected chi connectivity index (χ0v) is 29.4. The molecule has 3 atom stereocenters. The molecule has 0 bridgehead atoms. The van der Waals surface area contributed by atoms with Crippen molar-refractivity contribution in [1.82, 2.24) is 20.4 Å². The molecule has 45 heavy (non-hydrogen) atoms. The normalized spacial score (nSPS) is 18.9. The number of likely N-dealkylation sites (tertiary alicyclic amines) is 1. The molecule has 2 heterocycles. The first-order valence-corrected chi connectivity index (χ1v) is 20.2. The first-order valence-electron chi connectivity index (χ1n) is 16.1. The molecular formula is C32H53ClN4O7Si. The first-order chi connectivity index (χ1) is 21.4. The second kappa shape index (κ2) is 18.6. The van der Waals surface area contributed by atoms with Gasteiger partial charge in [0, 0.05) is 71.5 Å². The van der Waals surface area contributed by atoms with Gasteiger partial charge in [-0.2, -0.15) is 0 Å². The monoisotopic (exact) mass is 668 g/mol. The van der Waals surface area contributed by atoms with Crippen LogP contribution < -0.4 is 10.6 Å². The van der Waals surface area contributed by atoms with Gasteiger partial charge in [-0.05, 0) is 61.8 Å². The van der Waals surface area contributed by atoms with E-state index in [0.717, 1.165) is 43.7 Å². The van der Waals surface area contributed by atoms with E-state index in [1.165, 1.54) is 7.11 Å². The average molecular weight is 669 g/mol. The van der Waals surface area contributed by atoms with Crippen molar-refractivity contribution in [3.05, 3.63) is 34.9 Å². The van der Waals surface area contributed by atoms with Gasteiger partial charge in [-0.3, -0.25) is 0 Å². The maximum absolute atomic E-state index is 13.7. The van der Waals surface area contributed by atoms with Crippen LogP contribution in [0.25, 0.3) is 0 Å². The second-order valence-corrected chi connectivity index (χ2v) is 19.4. The highest BCUT2D eigenvalue weighted by Gasteiger charge is 2.33. The van der Waals surface area contributed by atoms with E-state index in [4.69, 9.17) is 25.8 Å². The Kier molecular flexibility index (Phi) is 15.2. The first kappa shape index (κ1) is 36.9. The SMILES string of the molecule is COC(=O)NCCOC(c1cccc(Cl)c1)[C@@H]1CCCN(C(=O)N[C@@H](CC2CCOCC2)CN(C)C(=O)OCC[Si](C)(C)C)C1. The molecule has 1 aromatic rings. The largest absolute Gasteiger partial charge is 0.453 e. The molecule has 2 saturated heterocycles. The third-order valence-corrected chi connectivity index (χ3v) is 10.3. The fourth-order valence-corrected chi connectivity index (χ4v) is 6.74. The maximum Gasteiger partial charge on any atom is 0.409 e. The van der Waals surface area contributed by atoms with E-state index in [2.05, 4.69) is 35.0 Å². The lowest BCUT2D eigenvalue weighted by Crippen LogP contribution is -2.53. The lowest BCUT2D eigenvalue weighted by atomic mass is 9.88. The minimum absolute atomic E-state index is 0.0269. The van der Waals surface area contributed by atoms with Gasteiger partial charge in [0.25, 0.3) is 0 Å². The van der Waals surface area contributed by atoms with Gasteiger partial charge in [0.2, 0.25) is 0 Å². The predicted octanol–water partition coefficient (Wildman–Crippen LogP) is 5.77. The smallest absolute Gasteiger partial charge is 0.409 e. The number of methoxy groups -OCH3 is 1. The van der Waals surface area contributed by atoms with Crippen molar-refractivity contribution < 1.29 is 33.3 Å². The fraction of sp³-hybridized carbons (Fsp3) is 0.719. The Hall–Kier alpha value is -2.54. The Bertz CT molecular complexity index is 1090. The van der Waals surface area contributed by atoms with Crippen LogP contribution in [0.1, 0.15) is 43.8 Å². The van der Waals surface area contributed by atoms with E-state index in [9.17, 15) is 14.4 Å². The summed E-state index contributed by atoms with van der Waals surface area (Å²) in [6, 6.07) is 8.12. The zero-order valence-electron chi connectivity index (χ0n) is 27.6. The molecule has 4 amide bonds. The van der Waals surface area contributed by atoms with Crippen molar-refractivity contribution in [2.75, 3.05) is 66.8 Å². The van der Waals surface area contributed by atoms with E-state index in [-0.39, 0.29) is 36.8 Å². The number of alkyl carbamates (subject to hydrolysis) is 1. The third-order valence-electron chi connectivity index (χ3n) is 8.37. The highest BCUT2D eigenvalue weighted by molar-refractivity contribution is 6.76. The third kappa shape index (κ3) is 13.4. The Balaban J connectivity index is 1.66. The van der Waals surface area contributed by atoms with Crippen LogP contribution >= 0.6 is 11.6 Å². The van der Waals surface area contributed by atoms with Gasteiger partial charge in [0.15, 0.2) is 0 Å². The number of ether oxygens (including phenoxy) is 4. The molecule has 1 unspecified atom stereocenters. The summed E-state index contributed by atoms with van der Waals surface area (Å²) in [5, 5.41) is 6.52. The maximum atomic E-state index is 13.7. The zero-order chi connectivity index (χ0) is 32.8. The molecule has 2 aliphatic heterocycles. The minimum Gasteiger partial charge on any atom is -0.453 e. The van der Waals surface area contributed by atoms with E-state index < -0.39 is 14.2 Å². The molecule has 13 heteroatoms. The molecule has 0 radical (unpaired) electrons. The number of urea groups is 1. The van der Waals surface area contributed by atoms with Gasteiger partial charge in [-0.25, -0.2) is 14.4 Å². The summed E-state index contributed by atoms with van der Waals surface area (Å²) in [5.41, 5.74) is 0.930. The van der Waals surface area contributed by atoms with Crippen molar-refractivity contribution in [2.24, 2.45) is 11.8 Å². The number of carbonyl (C=O) groups is 3. The van der Waals surface area contributed by atoms with E-state index in [1.54, 1.807) is 11.9 Å². The molecule has 0 aromatic heterocycles. The van der Waals surface area contributed by atoms with Crippen molar-refractivity contribution in [3.8, 4) is 0 Å². The van der Waals surface area contributed by atoms with Crippen LogP contribution in [0, 0.1) is 11.8 Å². The number of nitrogens with zero attached hydrogens (tertiary/aromatic N) is 2. The highest BCUT2D eigenvalue weighted by atomic mass is 35.5. The number of hydrogen-bond donors (Lipinski definition) is 2. The van der Waals surface area contributed by atoms with Gasteiger partial charge in [-0.15, -0.1) is 0 Å². The molecule has 11 nitrogen and oxygen atoms in total. The number of hydrogen-bond acceptors (Lipinski definition) is 7. The van der Waals surface area contributed by atoms with Crippen LogP contribution in [0.5, 0.6) is 0 Å². The van der Waals surface area contributed by atoms with Crippen LogP contribution in [0.4, 0.5) is 14.4 Å². The predicted molar refractivity (Wildman–Crippen MR) is 177 cm³/mol. The number of piperidine rings is 1. The summed E-state index contributed by atoms with van der Waals surface area (Å²) < 4.78 is 22.1. The summed E-state index contributed by atoms with van der Waals surface area (Å²) in [6.45, 7) is 10.7. The van der Waals surface area contributed by atoms with Gasteiger partial charge in [0.05, 0.1) is 26.4 Å². The van der Waals surface area contributed by atoms with Crippen molar-refractivity contribution in [3.63, 3.8) is 0 Å². The molecule has 3 rings (SSSR count). The van der Waals surface area contributed by atoms with Gasteiger partial charge in [-0.1, -0.05) is 43.4 Å². The lowest BCUT2D eigenvalue weighted by Gasteiger charge is -2.38. The van der Waals surface area contributed by atoms with Crippen LogP contribution in [0.3, 0.4) is 0 Å².